The van der Waals surface area contributed by atoms with E-state index in [1.165, 1.54) is 17.4 Å². The molecule has 26 heavy (non-hydrogen) atoms. The number of benzene rings is 2. The van der Waals surface area contributed by atoms with Crippen molar-refractivity contribution in [3.63, 3.8) is 0 Å². The molecule has 0 unspecified atom stereocenters. The van der Waals surface area contributed by atoms with Crippen LogP contribution in [0.25, 0.3) is 0 Å². The van der Waals surface area contributed by atoms with Crippen LogP contribution in [0.5, 0.6) is 5.75 Å². The van der Waals surface area contributed by atoms with Crippen molar-refractivity contribution < 1.29 is 9.13 Å². The molecule has 3 aromatic rings. The van der Waals surface area contributed by atoms with Crippen LogP contribution in [0.4, 0.5) is 9.52 Å². The molecule has 0 amide bonds. The molecule has 0 aliphatic rings. The van der Waals surface area contributed by atoms with Gasteiger partial charge in [0.1, 0.15) is 18.2 Å². The Kier molecular flexibility index (Phi) is 6.24. The molecule has 8 heteroatoms. The van der Waals surface area contributed by atoms with Crippen LogP contribution >= 0.6 is 38.9 Å². The molecule has 0 atom stereocenters. The summed E-state index contributed by atoms with van der Waals surface area (Å²) in [5, 5.41) is 7.16. The van der Waals surface area contributed by atoms with E-state index in [0.717, 1.165) is 15.7 Å². The van der Waals surface area contributed by atoms with Gasteiger partial charge in [-0.05, 0) is 37.3 Å². The Morgan fingerprint density at radius 1 is 1.38 bits per heavy atom. The second kappa shape index (κ2) is 8.62. The van der Waals surface area contributed by atoms with Crippen LogP contribution < -0.4 is 10.2 Å². The Bertz CT molecular complexity index is 928. The maximum atomic E-state index is 13.9. The van der Waals surface area contributed by atoms with Crippen LogP contribution in [-0.2, 0) is 6.61 Å². The fourth-order valence-corrected chi connectivity index (χ4v) is 3.37. The molecule has 0 aliphatic heterocycles. The molecule has 0 saturated heterocycles. The van der Waals surface area contributed by atoms with Crippen molar-refractivity contribution in [1.82, 2.24) is 4.98 Å². The minimum atomic E-state index is -0.398. The van der Waals surface area contributed by atoms with E-state index < -0.39 is 5.82 Å². The fourth-order valence-electron chi connectivity index (χ4n) is 2.13. The van der Waals surface area contributed by atoms with E-state index in [9.17, 15) is 4.39 Å². The largest absolute Gasteiger partial charge is 0.488 e. The number of hydrazone groups is 1. The maximum absolute atomic E-state index is 13.9. The first kappa shape index (κ1) is 18.8. The Morgan fingerprint density at radius 3 is 2.96 bits per heavy atom. The molecule has 2 aromatic carbocycles. The molecular formula is C18H14BrClFN3OS. The van der Waals surface area contributed by atoms with Crippen molar-refractivity contribution >= 4 is 50.2 Å². The molecule has 1 heterocycles. The van der Waals surface area contributed by atoms with Crippen molar-refractivity contribution in [2.24, 2.45) is 5.10 Å². The van der Waals surface area contributed by atoms with Gasteiger partial charge in [0.05, 0.1) is 16.9 Å². The molecule has 0 saturated carbocycles. The van der Waals surface area contributed by atoms with Gasteiger partial charge in [-0.2, -0.15) is 5.10 Å². The van der Waals surface area contributed by atoms with Crippen LogP contribution in [0.1, 0.15) is 16.8 Å². The zero-order chi connectivity index (χ0) is 18.5. The molecule has 0 aliphatic carbocycles. The Hall–Kier alpha value is -1.96. The number of anilines is 1. The number of ether oxygens (including phenoxy) is 1. The normalized spacial score (nSPS) is 11.1. The highest BCUT2D eigenvalue weighted by atomic mass is 79.9. The topological polar surface area (TPSA) is 46.5 Å². The van der Waals surface area contributed by atoms with Gasteiger partial charge in [-0.25, -0.2) is 9.37 Å². The van der Waals surface area contributed by atoms with E-state index in [1.54, 1.807) is 24.4 Å². The van der Waals surface area contributed by atoms with E-state index in [4.69, 9.17) is 16.3 Å². The molecule has 134 valence electrons. The third-order valence-corrected chi connectivity index (χ3v) is 5.10. The molecule has 0 fully saturated rings. The van der Waals surface area contributed by atoms with Crippen molar-refractivity contribution in [1.29, 1.82) is 0 Å². The Balaban J connectivity index is 1.75. The number of hydrogen-bond acceptors (Lipinski definition) is 5. The number of halogens is 3. The SMILES string of the molecule is Cc1csc(NN=Cc2cc(Br)ccc2OCc2c(F)cccc2Cl)n1. The summed E-state index contributed by atoms with van der Waals surface area (Å²) < 4.78 is 20.5. The van der Waals surface area contributed by atoms with Crippen LogP contribution in [0.2, 0.25) is 5.02 Å². The summed E-state index contributed by atoms with van der Waals surface area (Å²) in [5.41, 5.74) is 4.85. The summed E-state index contributed by atoms with van der Waals surface area (Å²) >= 11 is 10.9. The zero-order valence-corrected chi connectivity index (χ0v) is 16.8. The Morgan fingerprint density at radius 2 is 2.23 bits per heavy atom. The first-order chi connectivity index (χ1) is 12.5. The lowest BCUT2D eigenvalue weighted by Crippen LogP contribution is -2.02. The monoisotopic (exact) mass is 453 g/mol. The zero-order valence-electron chi connectivity index (χ0n) is 13.7. The summed E-state index contributed by atoms with van der Waals surface area (Å²) in [5.74, 6) is 0.166. The van der Waals surface area contributed by atoms with Gasteiger partial charge in [-0.3, -0.25) is 5.43 Å². The molecule has 0 radical (unpaired) electrons. The average Bonchev–Trinajstić information content (AvgIpc) is 3.01. The maximum Gasteiger partial charge on any atom is 0.203 e. The standard InChI is InChI=1S/C18H14BrClFN3OS/c1-11-10-26-18(23-11)24-22-8-12-7-13(19)5-6-17(12)25-9-14-15(20)3-2-4-16(14)21/h2-8,10H,9H2,1H3,(H,23,24). The minimum Gasteiger partial charge on any atom is -0.488 e. The third kappa shape index (κ3) is 4.81. The highest BCUT2D eigenvalue weighted by molar-refractivity contribution is 9.10. The number of rotatable bonds is 6. The van der Waals surface area contributed by atoms with Crippen molar-refractivity contribution in [2.75, 3.05) is 5.43 Å². The van der Waals surface area contributed by atoms with Crippen molar-refractivity contribution in [3.05, 3.63) is 73.9 Å². The number of thiazole rings is 1. The first-order valence-corrected chi connectivity index (χ1v) is 9.64. The van der Waals surface area contributed by atoms with Crippen molar-refractivity contribution in [3.8, 4) is 5.75 Å². The second-order valence-corrected chi connectivity index (χ2v) is 7.52. The summed E-state index contributed by atoms with van der Waals surface area (Å²) in [6, 6.07) is 10.0. The van der Waals surface area contributed by atoms with Gasteiger partial charge in [0.2, 0.25) is 5.13 Å². The van der Waals surface area contributed by atoms with Crippen LogP contribution in [0.3, 0.4) is 0 Å². The average molecular weight is 455 g/mol. The van der Waals surface area contributed by atoms with Crippen molar-refractivity contribution in [2.45, 2.75) is 13.5 Å². The van der Waals surface area contributed by atoms with E-state index in [-0.39, 0.29) is 6.61 Å². The number of nitrogens with zero attached hydrogens (tertiary/aromatic N) is 2. The fraction of sp³-hybridized carbons (Fsp3) is 0.111. The molecule has 1 N–H and O–H groups in total. The van der Waals surface area contributed by atoms with Gasteiger partial charge in [-0.1, -0.05) is 33.6 Å². The van der Waals surface area contributed by atoms with Gasteiger partial charge in [0.15, 0.2) is 0 Å². The summed E-state index contributed by atoms with van der Waals surface area (Å²) in [6.07, 6.45) is 1.62. The lowest BCUT2D eigenvalue weighted by Gasteiger charge is -2.11. The smallest absolute Gasteiger partial charge is 0.203 e. The molecule has 4 nitrogen and oxygen atoms in total. The van der Waals surface area contributed by atoms with E-state index in [0.29, 0.717) is 21.5 Å². The number of hydrogen-bond donors (Lipinski definition) is 1. The Labute approximate surface area is 167 Å². The molecule has 0 bridgehead atoms. The van der Waals surface area contributed by atoms with Gasteiger partial charge in [-0.15, -0.1) is 11.3 Å². The van der Waals surface area contributed by atoms with Gasteiger partial charge < -0.3 is 4.74 Å². The highest BCUT2D eigenvalue weighted by Gasteiger charge is 2.09. The van der Waals surface area contributed by atoms with Gasteiger partial charge >= 0.3 is 0 Å². The summed E-state index contributed by atoms with van der Waals surface area (Å²) in [4.78, 5) is 4.27. The minimum absolute atomic E-state index is 0.0209. The molecular weight excluding hydrogens is 441 g/mol. The van der Waals surface area contributed by atoms with Crippen LogP contribution in [0, 0.1) is 12.7 Å². The van der Waals surface area contributed by atoms with E-state index in [2.05, 4.69) is 31.4 Å². The number of nitrogens with one attached hydrogen (secondary N) is 1. The highest BCUT2D eigenvalue weighted by Crippen LogP contribution is 2.25. The lowest BCUT2D eigenvalue weighted by molar-refractivity contribution is 0.299. The third-order valence-electron chi connectivity index (χ3n) is 3.39. The van der Waals surface area contributed by atoms with Gasteiger partial charge in [0.25, 0.3) is 0 Å². The van der Waals surface area contributed by atoms with E-state index >= 15 is 0 Å². The van der Waals surface area contributed by atoms with E-state index in [1.807, 2.05) is 24.4 Å². The number of aryl methyl sites for hydroxylation is 1. The first-order valence-electron chi connectivity index (χ1n) is 7.59. The quantitative estimate of drug-likeness (QED) is 0.365. The molecule has 0 spiro atoms. The molecule has 3 rings (SSSR count). The van der Waals surface area contributed by atoms with Gasteiger partial charge in [0, 0.05) is 21.0 Å². The lowest BCUT2D eigenvalue weighted by atomic mass is 10.2. The predicted molar refractivity (Wildman–Crippen MR) is 108 cm³/mol. The summed E-state index contributed by atoms with van der Waals surface area (Å²) in [6.45, 7) is 1.94. The van der Waals surface area contributed by atoms with Crippen LogP contribution in [-0.4, -0.2) is 11.2 Å². The molecule has 1 aromatic heterocycles. The van der Waals surface area contributed by atoms with Crippen LogP contribution in [0.15, 0.2) is 51.4 Å². The predicted octanol–water partition coefficient (Wildman–Crippen LogP) is 6.03. The second-order valence-electron chi connectivity index (χ2n) is 5.34. The summed E-state index contributed by atoms with van der Waals surface area (Å²) in [7, 11) is 0. The number of aromatic nitrogens is 1.